The van der Waals surface area contributed by atoms with Gasteiger partial charge in [0.25, 0.3) is 0 Å². The van der Waals surface area contributed by atoms with Gasteiger partial charge in [0.2, 0.25) is 0 Å². The Balaban J connectivity index is 0.000000188. The smallest absolute Gasteiger partial charge is 0.168 e. The van der Waals surface area contributed by atoms with Crippen molar-refractivity contribution in [1.82, 2.24) is 0 Å². The average molecular weight is 302 g/mol. The van der Waals surface area contributed by atoms with Crippen LogP contribution in [0.25, 0.3) is 0 Å². The van der Waals surface area contributed by atoms with Crippen LogP contribution in [0, 0.1) is 5.41 Å². The van der Waals surface area contributed by atoms with Gasteiger partial charge in [0.05, 0.1) is 13.2 Å². The molecule has 1 aliphatic carbocycles. The second kappa shape index (κ2) is 7.70. The molecule has 0 atom stereocenters. The standard InChI is InChI=1S/C11H16O3.C8H10/c1-2-10(9-12)3-5-11(6-4-10)13-7-8-14-11;1-2-8-6-4-3-5-7-8/h2,9H,1,3-8H2;3-7H,2H2,1H3. The van der Waals surface area contributed by atoms with Crippen molar-refractivity contribution >= 4 is 6.29 Å². The lowest BCUT2D eigenvalue weighted by Crippen LogP contribution is -2.39. The Morgan fingerprint density at radius 2 is 1.68 bits per heavy atom. The van der Waals surface area contributed by atoms with E-state index >= 15 is 0 Å². The highest BCUT2D eigenvalue weighted by atomic mass is 16.7. The van der Waals surface area contributed by atoms with Crippen molar-refractivity contribution in [1.29, 1.82) is 0 Å². The maximum absolute atomic E-state index is 11.0. The van der Waals surface area contributed by atoms with E-state index in [4.69, 9.17) is 9.47 Å². The van der Waals surface area contributed by atoms with Crippen molar-refractivity contribution in [2.75, 3.05) is 13.2 Å². The first kappa shape index (κ1) is 16.9. The van der Waals surface area contributed by atoms with Gasteiger partial charge in [-0.2, -0.15) is 0 Å². The minimum absolute atomic E-state index is 0.333. The van der Waals surface area contributed by atoms with Crippen molar-refractivity contribution in [3.8, 4) is 0 Å². The van der Waals surface area contributed by atoms with Crippen LogP contribution in [0.15, 0.2) is 43.0 Å². The maximum Gasteiger partial charge on any atom is 0.168 e. The molecule has 3 rings (SSSR count). The van der Waals surface area contributed by atoms with E-state index in [1.54, 1.807) is 6.08 Å². The topological polar surface area (TPSA) is 35.5 Å². The Morgan fingerprint density at radius 1 is 1.09 bits per heavy atom. The number of rotatable bonds is 3. The van der Waals surface area contributed by atoms with Crippen LogP contribution in [0.3, 0.4) is 0 Å². The zero-order valence-electron chi connectivity index (χ0n) is 13.4. The van der Waals surface area contributed by atoms with Crippen LogP contribution < -0.4 is 0 Å². The van der Waals surface area contributed by atoms with Gasteiger partial charge >= 0.3 is 0 Å². The molecule has 1 saturated carbocycles. The third kappa shape index (κ3) is 4.05. The number of carbonyl (C=O) groups excluding carboxylic acids is 1. The Hall–Kier alpha value is -1.45. The normalized spacial score (nSPS) is 21.7. The number of ether oxygens (including phenoxy) is 2. The van der Waals surface area contributed by atoms with Crippen LogP contribution in [-0.4, -0.2) is 25.3 Å². The fourth-order valence-electron chi connectivity index (χ4n) is 2.97. The van der Waals surface area contributed by atoms with Gasteiger partial charge in [-0.25, -0.2) is 0 Å². The van der Waals surface area contributed by atoms with E-state index in [2.05, 4.69) is 37.8 Å². The van der Waals surface area contributed by atoms with Gasteiger partial charge in [0, 0.05) is 18.3 Å². The van der Waals surface area contributed by atoms with E-state index in [0.717, 1.165) is 38.4 Å². The summed E-state index contributed by atoms with van der Waals surface area (Å²) in [5.41, 5.74) is 1.08. The Bertz CT molecular complexity index is 455. The van der Waals surface area contributed by atoms with E-state index < -0.39 is 0 Å². The van der Waals surface area contributed by atoms with Crippen LogP contribution in [0.1, 0.15) is 38.2 Å². The quantitative estimate of drug-likeness (QED) is 0.627. The molecule has 0 aromatic heterocycles. The van der Waals surface area contributed by atoms with E-state index in [-0.39, 0.29) is 11.2 Å². The predicted molar refractivity (Wildman–Crippen MR) is 87.6 cm³/mol. The summed E-state index contributed by atoms with van der Waals surface area (Å²) in [6.07, 6.45) is 7.11. The van der Waals surface area contributed by atoms with Crippen LogP contribution in [0.5, 0.6) is 0 Å². The highest BCUT2D eigenvalue weighted by Crippen LogP contribution is 2.44. The number of aldehydes is 1. The fraction of sp³-hybridized carbons (Fsp3) is 0.526. The number of allylic oxidation sites excluding steroid dienone is 1. The van der Waals surface area contributed by atoms with Gasteiger partial charge in [-0.05, 0) is 24.8 Å². The Kier molecular flexibility index (Phi) is 5.92. The summed E-state index contributed by atoms with van der Waals surface area (Å²) in [6, 6.07) is 10.5. The predicted octanol–water partition coefficient (Wildman–Crippen LogP) is 3.92. The first-order chi connectivity index (χ1) is 10.7. The van der Waals surface area contributed by atoms with Crippen molar-refractivity contribution < 1.29 is 14.3 Å². The largest absolute Gasteiger partial charge is 0.348 e. The van der Waals surface area contributed by atoms with Crippen molar-refractivity contribution in [3.63, 3.8) is 0 Å². The van der Waals surface area contributed by atoms with Crippen LogP contribution >= 0.6 is 0 Å². The Morgan fingerprint density at radius 3 is 2.09 bits per heavy atom. The lowest BCUT2D eigenvalue weighted by molar-refractivity contribution is -0.187. The van der Waals surface area contributed by atoms with Gasteiger partial charge < -0.3 is 14.3 Å². The molecule has 120 valence electrons. The number of benzene rings is 1. The first-order valence-electron chi connectivity index (χ1n) is 8.09. The molecule has 2 fully saturated rings. The summed E-state index contributed by atoms with van der Waals surface area (Å²) in [5.74, 6) is -0.379. The summed E-state index contributed by atoms with van der Waals surface area (Å²) < 4.78 is 11.2. The van der Waals surface area contributed by atoms with E-state index in [1.807, 2.05) is 6.07 Å². The van der Waals surface area contributed by atoms with Gasteiger partial charge in [0.15, 0.2) is 5.79 Å². The highest BCUT2D eigenvalue weighted by molar-refractivity contribution is 5.62. The molecule has 1 aromatic rings. The zero-order chi connectivity index (χ0) is 15.9. The molecule has 1 aliphatic heterocycles. The molecule has 0 bridgehead atoms. The fourth-order valence-corrected chi connectivity index (χ4v) is 2.97. The van der Waals surface area contributed by atoms with Crippen LogP contribution in [0.2, 0.25) is 0 Å². The monoisotopic (exact) mass is 302 g/mol. The Labute approximate surface area is 133 Å². The summed E-state index contributed by atoms with van der Waals surface area (Å²) in [7, 11) is 0. The molecular weight excluding hydrogens is 276 g/mol. The molecule has 1 spiro atoms. The van der Waals surface area contributed by atoms with Gasteiger partial charge in [-0.3, -0.25) is 0 Å². The zero-order valence-corrected chi connectivity index (χ0v) is 13.4. The molecule has 3 heteroatoms. The third-order valence-electron chi connectivity index (χ3n) is 4.65. The van der Waals surface area contributed by atoms with Gasteiger partial charge in [0.1, 0.15) is 6.29 Å². The van der Waals surface area contributed by atoms with Gasteiger partial charge in [-0.15, -0.1) is 6.58 Å². The van der Waals surface area contributed by atoms with E-state index in [0.29, 0.717) is 13.2 Å². The first-order valence-corrected chi connectivity index (χ1v) is 8.09. The second-order valence-electron chi connectivity index (χ2n) is 6.00. The van der Waals surface area contributed by atoms with Gasteiger partial charge in [-0.1, -0.05) is 43.3 Å². The molecule has 0 N–H and O–H groups in total. The third-order valence-corrected chi connectivity index (χ3v) is 4.65. The lowest BCUT2D eigenvalue weighted by Gasteiger charge is -2.38. The molecule has 0 amide bonds. The molecule has 3 nitrogen and oxygen atoms in total. The second-order valence-corrected chi connectivity index (χ2v) is 6.00. The highest BCUT2D eigenvalue weighted by Gasteiger charge is 2.44. The summed E-state index contributed by atoms with van der Waals surface area (Å²) >= 11 is 0. The van der Waals surface area contributed by atoms with Crippen molar-refractivity contribution in [3.05, 3.63) is 48.6 Å². The summed E-state index contributed by atoms with van der Waals surface area (Å²) in [4.78, 5) is 11.0. The molecule has 0 unspecified atom stereocenters. The minimum atomic E-state index is -0.379. The lowest BCUT2D eigenvalue weighted by atomic mass is 9.73. The van der Waals surface area contributed by atoms with E-state index in [9.17, 15) is 4.79 Å². The summed E-state index contributed by atoms with van der Waals surface area (Å²) in [6.45, 7) is 7.26. The van der Waals surface area contributed by atoms with Crippen molar-refractivity contribution in [2.24, 2.45) is 5.41 Å². The van der Waals surface area contributed by atoms with Crippen LogP contribution in [0.4, 0.5) is 0 Å². The molecule has 1 aromatic carbocycles. The molecule has 1 saturated heterocycles. The summed E-state index contributed by atoms with van der Waals surface area (Å²) in [5, 5.41) is 0. The molecular formula is C19H26O3. The molecule has 22 heavy (non-hydrogen) atoms. The molecule has 0 radical (unpaired) electrons. The SMILES string of the molecule is C=CC1(C=O)CCC2(CC1)OCCO2.CCc1ccccc1. The van der Waals surface area contributed by atoms with Crippen LogP contribution in [-0.2, 0) is 20.7 Å². The number of hydrogen-bond acceptors (Lipinski definition) is 3. The molecule has 2 aliphatic rings. The van der Waals surface area contributed by atoms with Crippen molar-refractivity contribution in [2.45, 2.75) is 44.8 Å². The maximum atomic E-state index is 11.0. The average Bonchev–Trinajstić information content (AvgIpc) is 3.06. The number of carbonyl (C=O) groups is 1. The van der Waals surface area contributed by atoms with E-state index in [1.165, 1.54) is 5.56 Å². The molecule has 1 heterocycles. The number of aryl methyl sites for hydroxylation is 1. The number of hydrogen-bond donors (Lipinski definition) is 0. The minimum Gasteiger partial charge on any atom is -0.348 e.